The molecule has 9 heteroatoms. The van der Waals surface area contributed by atoms with Crippen LogP contribution in [0.3, 0.4) is 0 Å². The zero-order valence-electron chi connectivity index (χ0n) is 12.4. The van der Waals surface area contributed by atoms with Gasteiger partial charge in [0.25, 0.3) is 0 Å². The Labute approximate surface area is 136 Å². The van der Waals surface area contributed by atoms with Crippen LogP contribution in [0.15, 0.2) is 36.4 Å². The second kappa shape index (κ2) is 6.52. The second-order valence-electron chi connectivity index (χ2n) is 5.09. The van der Waals surface area contributed by atoms with Crippen molar-refractivity contribution in [2.45, 2.75) is 12.8 Å². The van der Waals surface area contributed by atoms with Gasteiger partial charge in [0.05, 0.1) is 11.5 Å². The monoisotopic (exact) mass is 354 g/mol. The number of benzene rings is 2. The summed E-state index contributed by atoms with van der Waals surface area (Å²) < 4.78 is 15.1. The van der Waals surface area contributed by atoms with Gasteiger partial charge in [0, 0.05) is 12.1 Å². The number of Topliss-reactive ketones (excluding diaryl/α,β-unsaturated/α-hetero) is 1. The zero-order valence-corrected chi connectivity index (χ0v) is 13.3. The molecule has 128 valence electrons. The molecule has 0 saturated heterocycles. The molecule has 0 aliphatic heterocycles. The predicted molar refractivity (Wildman–Crippen MR) is 83.1 cm³/mol. The van der Waals surface area contributed by atoms with E-state index in [-0.39, 0.29) is 11.3 Å². The Hall–Kier alpha value is -2.54. The number of carbonyl (C=O) groups is 1. The molecule has 8 nitrogen and oxygen atoms in total. The highest BCUT2D eigenvalue weighted by molar-refractivity contribution is 7.46. The molecule has 0 bridgehead atoms. The van der Waals surface area contributed by atoms with Crippen molar-refractivity contribution in [2.24, 2.45) is 0 Å². The Bertz CT molecular complexity index is 786. The van der Waals surface area contributed by atoms with Gasteiger partial charge in [-0.3, -0.25) is 14.6 Å². The largest absolute Gasteiger partial charge is 0.524 e. The van der Waals surface area contributed by atoms with Crippen LogP contribution < -0.4 is 4.52 Å². The lowest BCUT2D eigenvalue weighted by molar-refractivity contribution is -0.117. The number of phenols is 3. The molecule has 0 amide bonds. The van der Waals surface area contributed by atoms with E-state index in [9.17, 15) is 24.7 Å². The van der Waals surface area contributed by atoms with Gasteiger partial charge in [-0.25, -0.2) is 4.57 Å². The standard InChI is InChI=1S/C15H15O8P/c1-8(16)14(9-2-4-10(17)5-3-9)15-12(18)6-11(7-13(15)19)23-24(20,21)22/h2-7,14,17-19H,1H3,(H2,20,21,22). The molecule has 0 heterocycles. The summed E-state index contributed by atoms with van der Waals surface area (Å²) in [6, 6.07) is 7.41. The van der Waals surface area contributed by atoms with Crippen LogP contribution in [-0.2, 0) is 9.36 Å². The molecular weight excluding hydrogens is 339 g/mol. The lowest BCUT2D eigenvalue weighted by atomic mass is 9.87. The fourth-order valence-corrected chi connectivity index (χ4v) is 2.74. The third-order valence-corrected chi connectivity index (χ3v) is 3.70. The normalized spacial score (nSPS) is 12.6. The van der Waals surface area contributed by atoms with Crippen molar-refractivity contribution in [3.05, 3.63) is 47.5 Å². The van der Waals surface area contributed by atoms with Crippen molar-refractivity contribution in [2.75, 3.05) is 0 Å². The van der Waals surface area contributed by atoms with Gasteiger partial charge in [-0.2, -0.15) is 0 Å². The molecule has 1 unspecified atom stereocenters. The number of ketones is 1. The second-order valence-corrected chi connectivity index (χ2v) is 6.26. The molecule has 5 N–H and O–H groups in total. The summed E-state index contributed by atoms with van der Waals surface area (Å²) >= 11 is 0. The fourth-order valence-electron chi connectivity index (χ4n) is 2.36. The Morgan fingerprint density at radius 2 is 1.54 bits per heavy atom. The minimum absolute atomic E-state index is 0.0140. The van der Waals surface area contributed by atoms with Gasteiger partial charge in [0.1, 0.15) is 28.8 Å². The number of phosphoric acid groups is 1. The number of carbonyl (C=O) groups excluding carboxylic acids is 1. The van der Waals surface area contributed by atoms with Gasteiger partial charge in [-0.05, 0) is 24.6 Å². The SMILES string of the molecule is CC(=O)C(c1ccc(O)cc1)c1c(O)cc(OP(=O)(O)O)cc1O. The van der Waals surface area contributed by atoms with E-state index in [4.69, 9.17) is 9.79 Å². The van der Waals surface area contributed by atoms with Crippen LogP contribution in [-0.4, -0.2) is 30.9 Å². The highest BCUT2D eigenvalue weighted by Crippen LogP contribution is 2.45. The van der Waals surface area contributed by atoms with Gasteiger partial charge in [-0.15, -0.1) is 0 Å². The molecule has 24 heavy (non-hydrogen) atoms. The van der Waals surface area contributed by atoms with Crippen molar-refractivity contribution in [3.8, 4) is 23.0 Å². The fraction of sp³-hybridized carbons (Fsp3) is 0.133. The van der Waals surface area contributed by atoms with Crippen molar-refractivity contribution in [1.29, 1.82) is 0 Å². The quantitative estimate of drug-likeness (QED) is 0.513. The maximum Gasteiger partial charge on any atom is 0.524 e. The molecule has 2 aromatic rings. The summed E-state index contributed by atoms with van der Waals surface area (Å²) in [5.41, 5.74) is 0.279. The zero-order chi connectivity index (χ0) is 18.1. The Kier molecular flexibility index (Phi) is 4.84. The van der Waals surface area contributed by atoms with Crippen LogP contribution in [0.4, 0.5) is 0 Å². The topological polar surface area (TPSA) is 145 Å². The molecule has 0 radical (unpaired) electrons. The van der Waals surface area contributed by atoms with Crippen LogP contribution in [0.1, 0.15) is 24.0 Å². The minimum Gasteiger partial charge on any atom is -0.508 e. The first-order valence-electron chi connectivity index (χ1n) is 6.69. The number of hydrogen-bond acceptors (Lipinski definition) is 6. The first-order chi connectivity index (χ1) is 11.1. The third-order valence-electron chi connectivity index (χ3n) is 3.26. The van der Waals surface area contributed by atoms with E-state index >= 15 is 0 Å². The number of phosphoric ester groups is 1. The summed E-state index contributed by atoms with van der Waals surface area (Å²) in [5.74, 6) is -3.02. The van der Waals surface area contributed by atoms with Gasteiger partial charge in [-0.1, -0.05) is 12.1 Å². The van der Waals surface area contributed by atoms with E-state index < -0.39 is 36.8 Å². The van der Waals surface area contributed by atoms with Crippen LogP contribution in [0.5, 0.6) is 23.0 Å². The average molecular weight is 354 g/mol. The van der Waals surface area contributed by atoms with E-state index in [1.54, 1.807) is 0 Å². The molecule has 1 atom stereocenters. The number of phenolic OH excluding ortho intramolecular Hbond substituents is 3. The van der Waals surface area contributed by atoms with Crippen molar-refractivity contribution >= 4 is 13.6 Å². The maximum absolute atomic E-state index is 12.0. The van der Waals surface area contributed by atoms with E-state index in [1.807, 2.05) is 0 Å². The first kappa shape index (κ1) is 17.8. The number of hydrogen-bond donors (Lipinski definition) is 5. The summed E-state index contributed by atoms with van der Waals surface area (Å²) in [6.07, 6.45) is 0. The van der Waals surface area contributed by atoms with Crippen molar-refractivity contribution in [1.82, 2.24) is 0 Å². The Morgan fingerprint density at radius 3 is 1.96 bits per heavy atom. The molecular formula is C15H15O8P. The van der Waals surface area contributed by atoms with Crippen molar-refractivity contribution in [3.63, 3.8) is 0 Å². The van der Waals surface area contributed by atoms with Gasteiger partial charge in [0.2, 0.25) is 0 Å². The van der Waals surface area contributed by atoms with Crippen LogP contribution in [0, 0.1) is 0 Å². The van der Waals surface area contributed by atoms with Crippen LogP contribution in [0.2, 0.25) is 0 Å². The molecule has 0 saturated carbocycles. The summed E-state index contributed by atoms with van der Waals surface area (Å²) in [7, 11) is -4.87. The van der Waals surface area contributed by atoms with Gasteiger partial charge in [0.15, 0.2) is 0 Å². The van der Waals surface area contributed by atoms with E-state index in [1.165, 1.54) is 31.2 Å². The number of rotatable bonds is 5. The van der Waals surface area contributed by atoms with E-state index in [2.05, 4.69) is 4.52 Å². The van der Waals surface area contributed by atoms with E-state index in [0.717, 1.165) is 12.1 Å². The minimum atomic E-state index is -4.87. The number of aromatic hydroxyl groups is 3. The highest BCUT2D eigenvalue weighted by atomic mass is 31.2. The molecule has 0 fully saturated rings. The smallest absolute Gasteiger partial charge is 0.508 e. The molecule has 0 aliphatic rings. The van der Waals surface area contributed by atoms with Crippen LogP contribution in [0.25, 0.3) is 0 Å². The highest BCUT2D eigenvalue weighted by Gasteiger charge is 2.27. The van der Waals surface area contributed by atoms with E-state index in [0.29, 0.717) is 5.56 Å². The predicted octanol–water partition coefficient (Wildman–Crippen LogP) is 2.00. The first-order valence-corrected chi connectivity index (χ1v) is 8.22. The maximum atomic E-state index is 12.0. The van der Waals surface area contributed by atoms with Gasteiger partial charge < -0.3 is 19.8 Å². The molecule has 0 spiro atoms. The third kappa shape index (κ3) is 4.05. The lowest BCUT2D eigenvalue weighted by Gasteiger charge is -2.19. The summed E-state index contributed by atoms with van der Waals surface area (Å²) in [4.78, 5) is 29.6. The molecule has 2 rings (SSSR count). The Morgan fingerprint density at radius 1 is 1.04 bits per heavy atom. The molecule has 2 aromatic carbocycles. The Balaban J connectivity index is 2.53. The molecule has 0 aliphatic carbocycles. The summed E-state index contributed by atoms with van der Waals surface area (Å²) in [5, 5.41) is 29.5. The summed E-state index contributed by atoms with van der Waals surface area (Å²) in [6.45, 7) is 1.26. The molecule has 0 aromatic heterocycles. The average Bonchev–Trinajstić information content (AvgIpc) is 2.42. The van der Waals surface area contributed by atoms with Crippen molar-refractivity contribution < 1.29 is 39.0 Å². The lowest BCUT2D eigenvalue weighted by Crippen LogP contribution is -2.11. The van der Waals surface area contributed by atoms with Crippen LogP contribution >= 0.6 is 7.82 Å². The van der Waals surface area contributed by atoms with Gasteiger partial charge >= 0.3 is 7.82 Å².